The summed E-state index contributed by atoms with van der Waals surface area (Å²) in [6.45, 7) is 0.0860. The van der Waals surface area contributed by atoms with E-state index in [9.17, 15) is 9.18 Å². The van der Waals surface area contributed by atoms with Crippen LogP contribution >= 0.6 is 0 Å². The molecule has 0 N–H and O–H groups in total. The van der Waals surface area contributed by atoms with E-state index in [4.69, 9.17) is 9.26 Å². The Kier molecular flexibility index (Phi) is 2.98. The number of carbonyl (C=O) groups excluding carboxylic acids is 1. The second kappa shape index (κ2) is 4.79. The number of aldehydes is 1. The SMILES string of the molecule is O=Cc1cc(F)ccc1OCc1noc(C2CC2)n1. The molecule has 3 rings (SSSR count). The van der Waals surface area contributed by atoms with Crippen molar-refractivity contribution >= 4 is 6.29 Å². The average Bonchev–Trinajstić information content (AvgIpc) is 3.17. The van der Waals surface area contributed by atoms with Crippen LogP contribution in [0.15, 0.2) is 22.7 Å². The first-order valence-electron chi connectivity index (χ1n) is 5.96. The Morgan fingerprint density at radius 3 is 3.05 bits per heavy atom. The van der Waals surface area contributed by atoms with Crippen LogP contribution in [0.4, 0.5) is 4.39 Å². The van der Waals surface area contributed by atoms with Gasteiger partial charge in [0.1, 0.15) is 11.6 Å². The zero-order valence-electron chi connectivity index (χ0n) is 10.0. The molecule has 0 amide bonds. The van der Waals surface area contributed by atoms with Crippen molar-refractivity contribution < 1.29 is 18.4 Å². The fourth-order valence-electron chi connectivity index (χ4n) is 1.71. The largest absolute Gasteiger partial charge is 0.485 e. The highest BCUT2D eigenvalue weighted by molar-refractivity contribution is 5.79. The van der Waals surface area contributed by atoms with E-state index < -0.39 is 5.82 Å². The first kappa shape index (κ1) is 11.8. The van der Waals surface area contributed by atoms with Gasteiger partial charge in [0.25, 0.3) is 0 Å². The van der Waals surface area contributed by atoms with Gasteiger partial charge in [-0.05, 0) is 31.0 Å². The molecule has 0 unspecified atom stereocenters. The normalized spacial score (nSPS) is 14.4. The number of hydrogen-bond donors (Lipinski definition) is 0. The zero-order valence-corrected chi connectivity index (χ0v) is 10.0. The molecule has 1 aromatic heterocycles. The standard InChI is InChI=1S/C13H11FN2O3/c14-10-3-4-11(9(5-10)6-17)18-7-12-15-13(19-16-12)8-1-2-8/h3-6,8H,1-2,7H2. The summed E-state index contributed by atoms with van der Waals surface area (Å²) >= 11 is 0. The van der Waals surface area contributed by atoms with E-state index in [1.54, 1.807) is 0 Å². The Labute approximate surface area is 108 Å². The molecule has 1 aliphatic carbocycles. The topological polar surface area (TPSA) is 65.2 Å². The van der Waals surface area contributed by atoms with Crippen LogP contribution in [0, 0.1) is 5.82 Å². The number of nitrogens with zero attached hydrogens (tertiary/aromatic N) is 2. The van der Waals surface area contributed by atoms with E-state index in [1.807, 2.05) is 0 Å². The maximum Gasteiger partial charge on any atom is 0.229 e. The van der Waals surface area contributed by atoms with Crippen LogP contribution in [-0.4, -0.2) is 16.4 Å². The van der Waals surface area contributed by atoms with E-state index in [-0.39, 0.29) is 12.2 Å². The van der Waals surface area contributed by atoms with Crippen LogP contribution in [0.3, 0.4) is 0 Å². The lowest BCUT2D eigenvalue weighted by Gasteiger charge is -2.05. The third-order valence-corrected chi connectivity index (χ3v) is 2.87. The molecule has 19 heavy (non-hydrogen) atoms. The van der Waals surface area contributed by atoms with Crippen LogP contribution < -0.4 is 4.74 Å². The van der Waals surface area contributed by atoms with E-state index in [0.29, 0.717) is 29.7 Å². The summed E-state index contributed by atoms with van der Waals surface area (Å²) in [6, 6.07) is 3.75. The quantitative estimate of drug-likeness (QED) is 0.774. The number of halogens is 1. The van der Waals surface area contributed by atoms with E-state index in [1.165, 1.54) is 12.1 Å². The zero-order chi connectivity index (χ0) is 13.2. The van der Waals surface area contributed by atoms with Gasteiger partial charge >= 0.3 is 0 Å². The lowest BCUT2D eigenvalue weighted by molar-refractivity contribution is 0.111. The van der Waals surface area contributed by atoms with Gasteiger partial charge in [0.05, 0.1) is 5.56 Å². The molecule has 1 saturated carbocycles. The number of aromatic nitrogens is 2. The minimum atomic E-state index is -0.481. The van der Waals surface area contributed by atoms with E-state index in [2.05, 4.69) is 10.1 Å². The van der Waals surface area contributed by atoms with Crippen LogP contribution in [0.2, 0.25) is 0 Å². The average molecular weight is 262 g/mol. The third kappa shape index (κ3) is 2.62. The Morgan fingerprint density at radius 2 is 2.32 bits per heavy atom. The molecule has 1 heterocycles. The summed E-state index contributed by atoms with van der Waals surface area (Å²) in [5, 5.41) is 3.79. The molecule has 1 aromatic carbocycles. The van der Waals surface area contributed by atoms with Gasteiger partial charge in [-0.25, -0.2) is 4.39 Å². The van der Waals surface area contributed by atoms with Crippen molar-refractivity contribution in [1.29, 1.82) is 0 Å². The summed E-state index contributed by atoms with van der Waals surface area (Å²) in [7, 11) is 0. The second-order valence-electron chi connectivity index (χ2n) is 4.41. The first-order chi connectivity index (χ1) is 9.26. The van der Waals surface area contributed by atoms with Gasteiger partial charge in [0.2, 0.25) is 11.7 Å². The predicted molar refractivity (Wildman–Crippen MR) is 62.4 cm³/mol. The number of benzene rings is 1. The Hall–Kier alpha value is -2.24. The number of carbonyl (C=O) groups is 1. The number of ether oxygens (including phenoxy) is 1. The monoisotopic (exact) mass is 262 g/mol. The first-order valence-corrected chi connectivity index (χ1v) is 5.96. The molecule has 0 bridgehead atoms. The van der Waals surface area contributed by atoms with Gasteiger partial charge in [-0.2, -0.15) is 4.98 Å². The van der Waals surface area contributed by atoms with Crippen molar-refractivity contribution in [2.24, 2.45) is 0 Å². The van der Waals surface area contributed by atoms with Crippen LogP contribution in [0.5, 0.6) is 5.75 Å². The highest BCUT2D eigenvalue weighted by Crippen LogP contribution is 2.38. The van der Waals surface area contributed by atoms with Crippen LogP contribution in [0.1, 0.15) is 40.8 Å². The van der Waals surface area contributed by atoms with Crippen molar-refractivity contribution in [1.82, 2.24) is 10.1 Å². The maximum absolute atomic E-state index is 12.9. The Bertz CT molecular complexity index is 608. The molecule has 0 saturated heterocycles. The molecule has 1 aliphatic rings. The molecule has 0 aliphatic heterocycles. The second-order valence-corrected chi connectivity index (χ2v) is 4.41. The number of hydrogen-bond acceptors (Lipinski definition) is 5. The fraction of sp³-hybridized carbons (Fsp3) is 0.308. The molecule has 0 spiro atoms. The van der Waals surface area contributed by atoms with Crippen LogP contribution in [0.25, 0.3) is 0 Å². The Morgan fingerprint density at radius 1 is 1.47 bits per heavy atom. The highest BCUT2D eigenvalue weighted by atomic mass is 19.1. The van der Waals surface area contributed by atoms with E-state index >= 15 is 0 Å². The van der Waals surface area contributed by atoms with Crippen molar-refractivity contribution in [2.75, 3.05) is 0 Å². The van der Waals surface area contributed by atoms with Gasteiger partial charge in [0.15, 0.2) is 12.9 Å². The molecule has 1 fully saturated rings. The van der Waals surface area contributed by atoms with Crippen molar-refractivity contribution in [3.63, 3.8) is 0 Å². The third-order valence-electron chi connectivity index (χ3n) is 2.87. The summed E-state index contributed by atoms with van der Waals surface area (Å²) in [4.78, 5) is 15.0. The Balaban J connectivity index is 1.69. The summed E-state index contributed by atoms with van der Waals surface area (Å²) < 4.78 is 23.4. The molecule has 0 atom stereocenters. The predicted octanol–water partition coefficient (Wildman–Crippen LogP) is 2.48. The summed E-state index contributed by atoms with van der Waals surface area (Å²) in [6.07, 6.45) is 2.70. The van der Waals surface area contributed by atoms with Crippen molar-refractivity contribution in [3.05, 3.63) is 41.3 Å². The van der Waals surface area contributed by atoms with Gasteiger partial charge in [-0.3, -0.25) is 4.79 Å². The van der Waals surface area contributed by atoms with Crippen molar-refractivity contribution in [3.8, 4) is 5.75 Å². The molecule has 2 aromatic rings. The summed E-state index contributed by atoms with van der Waals surface area (Å²) in [5.74, 6) is 1.26. The number of rotatable bonds is 5. The molecule has 6 heteroatoms. The maximum atomic E-state index is 12.9. The van der Waals surface area contributed by atoms with E-state index in [0.717, 1.165) is 18.9 Å². The molecular formula is C13H11FN2O3. The van der Waals surface area contributed by atoms with Crippen LogP contribution in [-0.2, 0) is 6.61 Å². The van der Waals surface area contributed by atoms with Gasteiger partial charge in [0, 0.05) is 5.92 Å². The molecular weight excluding hydrogens is 251 g/mol. The molecule has 98 valence electrons. The van der Waals surface area contributed by atoms with Gasteiger partial charge in [-0.15, -0.1) is 0 Å². The lowest BCUT2D eigenvalue weighted by Crippen LogP contribution is -2.00. The molecule has 5 nitrogen and oxygen atoms in total. The fourth-order valence-corrected chi connectivity index (χ4v) is 1.71. The van der Waals surface area contributed by atoms with Crippen molar-refractivity contribution in [2.45, 2.75) is 25.4 Å². The minimum absolute atomic E-state index is 0.0860. The molecule has 0 radical (unpaired) electrons. The van der Waals surface area contributed by atoms with Gasteiger partial charge in [-0.1, -0.05) is 5.16 Å². The van der Waals surface area contributed by atoms with Gasteiger partial charge < -0.3 is 9.26 Å². The highest BCUT2D eigenvalue weighted by Gasteiger charge is 2.29. The summed E-state index contributed by atoms with van der Waals surface area (Å²) in [5.41, 5.74) is 0.158. The minimum Gasteiger partial charge on any atom is -0.485 e. The lowest BCUT2D eigenvalue weighted by atomic mass is 10.2. The smallest absolute Gasteiger partial charge is 0.229 e.